The van der Waals surface area contributed by atoms with Crippen molar-refractivity contribution < 1.29 is 0 Å². The molecule has 0 radical (unpaired) electrons. The zero-order valence-corrected chi connectivity index (χ0v) is 16.2. The highest BCUT2D eigenvalue weighted by atomic mass is 32.2. The lowest BCUT2D eigenvalue weighted by molar-refractivity contribution is 0.529. The van der Waals surface area contributed by atoms with Crippen molar-refractivity contribution in [3.63, 3.8) is 0 Å². The van der Waals surface area contributed by atoms with Crippen molar-refractivity contribution >= 4 is 11.8 Å². The molecule has 0 fully saturated rings. The predicted octanol–water partition coefficient (Wildman–Crippen LogP) is 8.51. The minimum absolute atomic E-state index is 1.27. The topological polar surface area (TPSA) is 0 Å². The second-order valence-corrected chi connectivity index (χ2v) is 7.77. The van der Waals surface area contributed by atoms with Gasteiger partial charge in [-0.25, -0.2) is 0 Å². The van der Waals surface area contributed by atoms with E-state index < -0.39 is 0 Å². The lowest BCUT2D eigenvalue weighted by Gasteiger charge is -2.03. The molecule has 0 rings (SSSR count). The van der Waals surface area contributed by atoms with Crippen LogP contribution >= 0.6 is 11.8 Å². The molecule has 0 aromatic carbocycles. The van der Waals surface area contributed by atoms with E-state index in [0.29, 0.717) is 0 Å². The number of rotatable bonds is 19. The Morgan fingerprint density at radius 1 is 0.545 bits per heavy atom. The summed E-state index contributed by atoms with van der Waals surface area (Å²) < 4.78 is 0. The van der Waals surface area contributed by atoms with Gasteiger partial charge in [-0.15, -0.1) is 11.8 Å². The van der Waals surface area contributed by atoms with Gasteiger partial charge < -0.3 is 0 Å². The molecule has 0 aromatic heterocycles. The molecular weight excluding hydrogens is 284 g/mol. The average Bonchev–Trinajstić information content (AvgIpc) is 2.54. The highest BCUT2D eigenvalue weighted by molar-refractivity contribution is 8.02. The highest BCUT2D eigenvalue weighted by Crippen LogP contribution is 2.14. The molecule has 0 saturated carbocycles. The lowest BCUT2D eigenvalue weighted by atomic mass is 10.0. The standard InChI is InChI=1S/C21H42S/c1-3-5-6-7-8-9-10-11-12-13-14-15-16-17-18-19-20-21-22-4-2/h4H,2-3,5-21H2,1H3. The van der Waals surface area contributed by atoms with Crippen LogP contribution in [-0.4, -0.2) is 5.75 Å². The normalized spacial score (nSPS) is 11.0. The van der Waals surface area contributed by atoms with Crippen LogP contribution in [-0.2, 0) is 0 Å². The first-order chi connectivity index (χ1) is 10.9. The van der Waals surface area contributed by atoms with Gasteiger partial charge in [-0.05, 0) is 17.6 Å². The van der Waals surface area contributed by atoms with Gasteiger partial charge in [-0.3, -0.25) is 0 Å². The summed E-state index contributed by atoms with van der Waals surface area (Å²) in [5, 5.41) is 1.96. The quantitative estimate of drug-likeness (QED) is 0.214. The molecule has 0 spiro atoms. The van der Waals surface area contributed by atoms with Crippen molar-refractivity contribution in [3.8, 4) is 0 Å². The third-order valence-electron chi connectivity index (χ3n) is 4.48. The van der Waals surface area contributed by atoms with Crippen LogP contribution < -0.4 is 0 Å². The van der Waals surface area contributed by atoms with E-state index in [2.05, 4.69) is 13.5 Å². The molecule has 0 bridgehead atoms. The Hall–Kier alpha value is 0.0900. The van der Waals surface area contributed by atoms with Crippen molar-refractivity contribution in [1.82, 2.24) is 0 Å². The van der Waals surface area contributed by atoms with Crippen LogP contribution in [0.3, 0.4) is 0 Å². The summed E-state index contributed by atoms with van der Waals surface area (Å²) in [6.07, 6.45) is 24.7. The molecule has 0 nitrogen and oxygen atoms in total. The maximum absolute atomic E-state index is 3.74. The zero-order valence-electron chi connectivity index (χ0n) is 15.4. The van der Waals surface area contributed by atoms with Gasteiger partial charge in [-0.2, -0.15) is 0 Å². The molecule has 0 N–H and O–H groups in total. The van der Waals surface area contributed by atoms with Crippen molar-refractivity contribution in [2.75, 3.05) is 5.75 Å². The molecule has 0 atom stereocenters. The van der Waals surface area contributed by atoms with Gasteiger partial charge in [0.15, 0.2) is 0 Å². The van der Waals surface area contributed by atoms with Crippen molar-refractivity contribution in [3.05, 3.63) is 12.0 Å². The molecule has 22 heavy (non-hydrogen) atoms. The Kier molecular flexibility index (Phi) is 21.2. The number of hydrogen-bond donors (Lipinski definition) is 0. The van der Waals surface area contributed by atoms with Gasteiger partial charge in [-0.1, -0.05) is 116 Å². The fourth-order valence-electron chi connectivity index (χ4n) is 2.99. The second kappa shape index (κ2) is 21.1. The zero-order chi connectivity index (χ0) is 16.1. The molecule has 132 valence electrons. The van der Waals surface area contributed by atoms with Crippen LogP contribution in [0.15, 0.2) is 12.0 Å². The molecular formula is C21H42S. The summed E-state index contributed by atoms with van der Waals surface area (Å²) in [5.41, 5.74) is 0. The van der Waals surface area contributed by atoms with E-state index in [4.69, 9.17) is 0 Å². The van der Waals surface area contributed by atoms with E-state index in [9.17, 15) is 0 Å². The third kappa shape index (κ3) is 20.1. The third-order valence-corrected chi connectivity index (χ3v) is 5.24. The van der Waals surface area contributed by atoms with E-state index in [-0.39, 0.29) is 0 Å². The molecule has 0 heterocycles. The summed E-state index contributed by atoms with van der Waals surface area (Å²) in [6.45, 7) is 6.03. The van der Waals surface area contributed by atoms with Crippen LogP contribution in [0.5, 0.6) is 0 Å². The second-order valence-electron chi connectivity index (χ2n) is 6.69. The smallest absolute Gasteiger partial charge is 0.00262 e. The Labute approximate surface area is 145 Å². The summed E-state index contributed by atoms with van der Waals surface area (Å²) in [7, 11) is 0. The Balaban J connectivity index is 2.92. The number of unbranched alkanes of at least 4 members (excludes halogenated alkanes) is 16. The SMILES string of the molecule is C=CSCCCCCCCCCCCCCCCCCCC. The predicted molar refractivity (Wildman–Crippen MR) is 107 cm³/mol. The van der Waals surface area contributed by atoms with Crippen molar-refractivity contribution in [2.45, 2.75) is 116 Å². The lowest BCUT2D eigenvalue weighted by Crippen LogP contribution is -1.84. The Morgan fingerprint density at radius 3 is 1.18 bits per heavy atom. The van der Waals surface area contributed by atoms with Crippen LogP contribution in [0, 0.1) is 0 Å². The first-order valence-electron chi connectivity index (χ1n) is 10.1. The molecule has 0 amide bonds. The molecule has 0 aliphatic carbocycles. The average molecular weight is 327 g/mol. The van der Waals surface area contributed by atoms with Crippen LogP contribution in [0.2, 0.25) is 0 Å². The van der Waals surface area contributed by atoms with Gasteiger partial charge in [0.05, 0.1) is 0 Å². The molecule has 0 aromatic rings. The number of thioether (sulfide) groups is 1. The summed E-state index contributed by atoms with van der Waals surface area (Å²) in [6, 6.07) is 0. The van der Waals surface area contributed by atoms with Crippen molar-refractivity contribution in [1.29, 1.82) is 0 Å². The largest absolute Gasteiger partial charge is 0.135 e. The van der Waals surface area contributed by atoms with E-state index in [1.165, 1.54) is 115 Å². The van der Waals surface area contributed by atoms with Gasteiger partial charge in [0.2, 0.25) is 0 Å². The van der Waals surface area contributed by atoms with Crippen LogP contribution in [0.1, 0.15) is 116 Å². The maximum Gasteiger partial charge on any atom is -0.00262 e. The maximum atomic E-state index is 3.74. The Morgan fingerprint density at radius 2 is 0.864 bits per heavy atom. The van der Waals surface area contributed by atoms with E-state index in [1.54, 1.807) is 0 Å². The van der Waals surface area contributed by atoms with Crippen LogP contribution in [0.4, 0.5) is 0 Å². The van der Waals surface area contributed by atoms with E-state index in [1.807, 2.05) is 17.2 Å². The Bertz CT molecular complexity index is 200. The molecule has 0 aliphatic heterocycles. The monoisotopic (exact) mass is 326 g/mol. The minimum Gasteiger partial charge on any atom is -0.135 e. The van der Waals surface area contributed by atoms with Gasteiger partial charge in [0, 0.05) is 0 Å². The first-order valence-corrected chi connectivity index (χ1v) is 11.2. The first kappa shape index (κ1) is 22.1. The summed E-state index contributed by atoms with van der Waals surface area (Å²) >= 11 is 1.86. The summed E-state index contributed by atoms with van der Waals surface area (Å²) in [4.78, 5) is 0. The molecule has 0 unspecified atom stereocenters. The molecule has 0 aliphatic rings. The number of hydrogen-bond acceptors (Lipinski definition) is 1. The minimum atomic E-state index is 1.27. The van der Waals surface area contributed by atoms with Gasteiger partial charge >= 0.3 is 0 Å². The molecule has 0 saturated heterocycles. The van der Waals surface area contributed by atoms with Crippen LogP contribution in [0.25, 0.3) is 0 Å². The highest BCUT2D eigenvalue weighted by Gasteiger charge is 1.94. The van der Waals surface area contributed by atoms with Crippen molar-refractivity contribution in [2.24, 2.45) is 0 Å². The fraction of sp³-hybridized carbons (Fsp3) is 0.905. The fourth-order valence-corrected chi connectivity index (χ4v) is 3.53. The van der Waals surface area contributed by atoms with Gasteiger partial charge in [0.25, 0.3) is 0 Å². The van der Waals surface area contributed by atoms with E-state index >= 15 is 0 Å². The van der Waals surface area contributed by atoms with Gasteiger partial charge in [0.1, 0.15) is 0 Å². The molecule has 1 heteroatoms. The summed E-state index contributed by atoms with van der Waals surface area (Å²) in [5.74, 6) is 1.27. The van der Waals surface area contributed by atoms with E-state index in [0.717, 1.165) is 0 Å².